The van der Waals surface area contributed by atoms with Crippen molar-refractivity contribution in [2.75, 3.05) is 34.3 Å². The average molecular weight is 1000 g/mol. The molecule has 18 heteroatoms. The molecular formula is C50H83Cl2N5O11. The quantitative estimate of drug-likeness (QED) is 0.162. The Labute approximate surface area is 414 Å². The summed E-state index contributed by atoms with van der Waals surface area (Å²) in [5, 5.41) is 69.7. The summed E-state index contributed by atoms with van der Waals surface area (Å²) in [5.74, 6) is -3.08. The first-order valence-corrected chi connectivity index (χ1v) is 25.4. The Morgan fingerprint density at radius 2 is 1.66 bits per heavy atom. The fraction of sp³-hybridized carbons (Fsp3) is 0.820. The summed E-state index contributed by atoms with van der Waals surface area (Å²) in [7, 11) is 5.37. The molecule has 388 valence electrons. The second-order valence-electron chi connectivity index (χ2n) is 21.3. The van der Waals surface area contributed by atoms with Gasteiger partial charge in [0.05, 0.1) is 57.3 Å². The minimum Gasteiger partial charge on any atom is -0.459 e. The lowest BCUT2D eigenvalue weighted by Crippen LogP contribution is -2.62. The van der Waals surface area contributed by atoms with Gasteiger partial charge in [0, 0.05) is 50.8 Å². The minimum atomic E-state index is -1.81. The summed E-state index contributed by atoms with van der Waals surface area (Å²) in [6.07, 6.45) is -3.04. The molecule has 0 radical (unpaired) electrons. The van der Waals surface area contributed by atoms with E-state index < -0.39 is 95.6 Å². The highest BCUT2D eigenvalue weighted by molar-refractivity contribution is 6.42. The monoisotopic (exact) mass is 1000 g/mol. The molecule has 3 aliphatic rings. The highest BCUT2D eigenvalue weighted by Gasteiger charge is 2.55. The van der Waals surface area contributed by atoms with Gasteiger partial charge in [-0.3, -0.25) is 9.48 Å². The van der Waals surface area contributed by atoms with Gasteiger partial charge >= 0.3 is 5.97 Å². The summed E-state index contributed by atoms with van der Waals surface area (Å²) >= 11 is 12.3. The van der Waals surface area contributed by atoms with E-state index >= 15 is 0 Å². The van der Waals surface area contributed by atoms with E-state index in [2.05, 4.69) is 15.2 Å². The fourth-order valence-corrected chi connectivity index (χ4v) is 11.7. The zero-order valence-electron chi connectivity index (χ0n) is 42.7. The number of aliphatic hydroxyl groups is 5. The number of nitrogens with zero attached hydrogens (tertiary/aromatic N) is 5. The van der Waals surface area contributed by atoms with Gasteiger partial charge in [-0.15, -0.1) is 5.10 Å². The Hall–Kier alpha value is -2.03. The molecule has 0 spiro atoms. The molecule has 1 aromatic heterocycles. The van der Waals surface area contributed by atoms with E-state index in [-0.39, 0.29) is 37.3 Å². The van der Waals surface area contributed by atoms with Gasteiger partial charge in [0.15, 0.2) is 6.29 Å². The number of aryl methyl sites for hydroxylation is 3. The lowest BCUT2D eigenvalue weighted by Gasteiger charge is -2.51. The molecule has 1 unspecified atom stereocenters. The number of carbonyl (C=O) groups is 1. The predicted octanol–water partition coefficient (Wildman–Crippen LogP) is 5.32. The molecule has 18 atom stereocenters. The number of methoxy groups -OCH3 is 1. The van der Waals surface area contributed by atoms with E-state index in [1.54, 1.807) is 33.8 Å². The van der Waals surface area contributed by atoms with Crippen molar-refractivity contribution in [3.05, 3.63) is 45.7 Å². The maximum absolute atomic E-state index is 14.6. The van der Waals surface area contributed by atoms with E-state index in [4.69, 9.17) is 46.9 Å². The maximum Gasteiger partial charge on any atom is 0.309 e. The van der Waals surface area contributed by atoms with Gasteiger partial charge in [0.25, 0.3) is 0 Å². The van der Waals surface area contributed by atoms with Crippen molar-refractivity contribution < 1.29 is 54.0 Å². The summed E-state index contributed by atoms with van der Waals surface area (Å²) in [6.45, 7) is 19.7. The normalized spacial score (nSPS) is 40.7. The van der Waals surface area contributed by atoms with Crippen LogP contribution in [0.15, 0.2) is 24.4 Å². The van der Waals surface area contributed by atoms with E-state index in [1.165, 1.54) is 14.0 Å². The lowest BCUT2D eigenvalue weighted by molar-refractivity contribution is -0.303. The maximum atomic E-state index is 14.6. The fourth-order valence-electron chi connectivity index (χ4n) is 11.4. The molecule has 0 saturated carbocycles. The average Bonchev–Trinajstić information content (AvgIpc) is 3.73. The summed E-state index contributed by atoms with van der Waals surface area (Å²) in [5.41, 5.74) is -2.51. The van der Waals surface area contributed by atoms with Crippen molar-refractivity contribution in [2.45, 2.75) is 205 Å². The first-order valence-electron chi connectivity index (χ1n) is 24.7. The molecule has 0 amide bonds. The van der Waals surface area contributed by atoms with Crippen molar-refractivity contribution in [3.8, 4) is 0 Å². The number of benzene rings is 1. The van der Waals surface area contributed by atoms with E-state index in [9.17, 15) is 30.3 Å². The summed E-state index contributed by atoms with van der Waals surface area (Å²) in [4.78, 5) is 18.6. The third-order valence-electron chi connectivity index (χ3n) is 15.6. The number of likely N-dealkylation sites (N-methyl/N-ethyl adjacent to an activating group) is 2. The number of rotatable bonds is 13. The van der Waals surface area contributed by atoms with Gasteiger partial charge < -0.3 is 59.0 Å². The Morgan fingerprint density at radius 1 is 0.971 bits per heavy atom. The number of cyclic esters (lactones) is 1. The van der Waals surface area contributed by atoms with Crippen LogP contribution in [0.4, 0.5) is 0 Å². The van der Waals surface area contributed by atoms with Crippen molar-refractivity contribution in [1.29, 1.82) is 0 Å². The SMILES string of the molecule is CC[C@H]1OC(=O)[C@H](C)C([C@H]2C[C@@](C)(OC)[C@@H](O)[C@H](C)O2)[C@H](C)[C@@H](O[C@@H]2O[C@H](C)C[C@H](N(C)CCCc3cn(CCc4ccc(Cl)c(Cl)c4)nn3)[C@H]2O)[C@](C)(O)C[C@@H](C)CN(C)[C@H](C)[C@@H](O)[C@]1(C)O. The van der Waals surface area contributed by atoms with Crippen LogP contribution in [-0.2, 0) is 47.9 Å². The van der Waals surface area contributed by atoms with Gasteiger partial charge in [-0.2, -0.15) is 0 Å². The first kappa shape index (κ1) is 56.9. The number of hydrogen-bond donors (Lipinski definition) is 5. The summed E-state index contributed by atoms with van der Waals surface area (Å²) < 4.78 is 34.0. The molecule has 68 heavy (non-hydrogen) atoms. The number of hydrogen-bond acceptors (Lipinski definition) is 15. The third kappa shape index (κ3) is 13.3. The standard InChI is InChI=1S/C50H83Cl2N5O11/c1-14-40-50(10,63)43(59)32(6)56(12)26-28(2)24-48(8,62)45(30(4)41(31(5)46(61)67-40)39-25-49(9,64-13)44(60)33(7)66-39)68-47-42(58)38(22-29(3)65-47)55(11)20-15-16-35-27-57(54-53-35)21-19-34-17-18-36(51)37(52)23-34/h17-18,23,27-33,38-45,47,58-60,62-63H,14-16,19-22,24-26H2,1-13H3/t28-,29-,30+,31-,32-,33+,38+,39-,40-,41?,42-,43-,44+,45-,47+,48-,49-,50-/m1/s1. The molecule has 2 aromatic rings. The van der Waals surface area contributed by atoms with Gasteiger partial charge in [-0.05, 0) is 130 Å². The number of aliphatic hydroxyl groups excluding tert-OH is 3. The number of ether oxygens (including phenoxy) is 5. The van der Waals surface area contributed by atoms with Crippen LogP contribution in [0.25, 0.3) is 0 Å². The van der Waals surface area contributed by atoms with Crippen LogP contribution in [0.5, 0.6) is 0 Å². The second-order valence-corrected chi connectivity index (χ2v) is 22.2. The van der Waals surface area contributed by atoms with Crippen LogP contribution in [0, 0.1) is 23.7 Å². The van der Waals surface area contributed by atoms with Crippen LogP contribution < -0.4 is 0 Å². The summed E-state index contributed by atoms with van der Waals surface area (Å²) in [6, 6.07) is 4.69. The zero-order chi connectivity index (χ0) is 50.6. The predicted molar refractivity (Wildman–Crippen MR) is 260 cm³/mol. The topological polar surface area (TPSA) is 202 Å². The van der Waals surface area contributed by atoms with Crippen molar-refractivity contribution in [1.82, 2.24) is 24.8 Å². The largest absolute Gasteiger partial charge is 0.459 e. The Kier molecular flexibility index (Phi) is 19.8. The van der Waals surface area contributed by atoms with Gasteiger partial charge in [0.1, 0.15) is 30.0 Å². The van der Waals surface area contributed by atoms with Gasteiger partial charge in [-0.25, -0.2) is 0 Å². The van der Waals surface area contributed by atoms with Crippen molar-refractivity contribution in [3.63, 3.8) is 0 Å². The molecule has 4 heterocycles. The minimum absolute atomic E-state index is 0.161. The highest BCUT2D eigenvalue weighted by atomic mass is 35.5. The van der Waals surface area contributed by atoms with E-state index in [1.807, 2.05) is 76.6 Å². The molecular weight excluding hydrogens is 917 g/mol. The molecule has 0 bridgehead atoms. The second kappa shape index (κ2) is 23.7. The number of halogens is 2. The van der Waals surface area contributed by atoms with Crippen LogP contribution >= 0.6 is 23.2 Å². The van der Waals surface area contributed by atoms with Crippen LogP contribution in [0.3, 0.4) is 0 Å². The highest BCUT2D eigenvalue weighted by Crippen LogP contribution is 2.45. The molecule has 3 saturated heterocycles. The number of esters is 1. The zero-order valence-corrected chi connectivity index (χ0v) is 44.2. The molecule has 3 aliphatic heterocycles. The van der Waals surface area contributed by atoms with E-state index in [0.717, 1.165) is 24.1 Å². The molecule has 5 rings (SSSR count). The lowest BCUT2D eigenvalue weighted by atomic mass is 9.68. The Morgan fingerprint density at radius 3 is 2.31 bits per heavy atom. The van der Waals surface area contributed by atoms with E-state index in [0.29, 0.717) is 42.5 Å². The molecule has 0 aliphatic carbocycles. The van der Waals surface area contributed by atoms with Gasteiger partial charge in [0.2, 0.25) is 0 Å². The van der Waals surface area contributed by atoms with Gasteiger partial charge in [-0.1, -0.05) is 62.2 Å². The molecule has 3 fully saturated rings. The van der Waals surface area contributed by atoms with Crippen LogP contribution in [-0.4, -0.2) is 175 Å². The van der Waals surface area contributed by atoms with Crippen molar-refractivity contribution >= 4 is 29.2 Å². The Bertz CT molecular complexity index is 1930. The Balaban J connectivity index is 1.42. The van der Waals surface area contributed by atoms with Crippen LogP contribution in [0.2, 0.25) is 10.0 Å². The van der Waals surface area contributed by atoms with Crippen LogP contribution in [0.1, 0.15) is 113 Å². The first-order chi connectivity index (χ1) is 31.7. The molecule has 1 aromatic carbocycles. The number of aromatic nitrogens is 3. The molecule has 16 nitrogen and oxygen atoms in total. The van der Waals surface area contributed by atoms with Crippen molar-refractivity contribution in [2.24, 2.45) is 23.7 Å². The molecule has 5 N–H and O–H groups in total. The number of carbonyl (C=O) groups excluding carboxylic acids is 1. The smallest absolute Gasteiger partial charge is 0.309 e. The third-order valence-corrected chi connectivity index (χ3v) is 16.3.